The Hall–Kier alpha value is -2.61. The average Bonchev–Trinajstić information content (AvgIpc) is 3.38. The van der Waals surface area contributed by atoms with Crippen molar-refractivity contribution in [1.82, 2.24) is 0 Å². The largest absolute Gasteiger partial charge is 0.870 e. The van der Waals surface area contributed by atoms with E-state index >= 15 is 0 Å². The third kappa shape index (κ3) is 4.03. The Morgan fingerprint density at radius 2 is 1.63 bits per heavy atom. The topological polar surface area (TPSA) is 152 Å². The van der Waals surface area contributed by atoms with Crippen LogP contribution in [0.4, 0.5) is 0 Å². The molecule has 1 spiro atoms. The van der Waals surface area contributed by atoms with Crippen LogP contribution in [0, 0.1) is 40.4 Å². The fourth-order valence-corrected chi connectivity index (χ4v) is 11.9. The van der Waals surface area contributed by atoms with Gasteiger partial charge in [-0.25, -0.2) is 9.37 Å². The quantitative estimate of drug-likeness (QED) is 0.309. The van der Waals surface area contributed by atoms with Crippen LogP contribution >= 0.6 is 0 Å². The number of nitrogens with zero attached hydrogens (tertiary/aromatic N) is 1. The van der Waals surface area contributed by atoms with Crippen molar-refractivity contribution in [3.05, 3.63) is 29.8 Å². The summed E-state index contributed by atoms with van der Waals surface area (Å²) < 4.78 is 45.0. The van der Waals surface area contributed by atoms with Gasteiger partial charge in [0.2, 0.25) is 0 Å². The van der Waals surface area contributed by atoms with E-state index in [-0.39, 0.29) is 59.3 Å². The van der Waals surface area contributed by atoms with Crippen LogP contribution in [0.2, 0.25) is 0 Å². The molecule has 0 radical (unpaired) electrons. The Labute approximate surface area is 269 Å². The zero-order chi connectivity index (χ0) is 32.1. The average molecular weight is 646 g/mol. The zero-order valence-electron chi connectivity index (χ0n) is 27.6. The molecule has 12 heteroatoms. The fraction of sp³-hybridized carbons (Fsp3) is 0.735. The molecular weight excluding hydrogens is 598 g/mol. The Bertz CT molecular complexity index is 1390. The molecule has 1 unspecified atom stereocenters. The molecule has 0 aromatic heterocycles. The van der Waals surface area contributed by atoms with E-state index in [2.05, 4.69) is 17.8 Å². The van der Waals surface area contributed by atoms with Crippen molar-refractivity contribution in [1.29, 1.82) is 0 Å². The number of ether oxygens (including phenoxy) is 7. The van der Waals surface area contributed by atoms with Crippen LogP contribution in [0.3, 0.4) is 0 Å². The van der Waals surface area contributed by atoms with Gasteiger partial charge in [0, 0.05) is 53.6 Å². The lowest BCUT2D eigenvalue weighted by Gasteiger charge is -2.62. The van der Waals surface area contributed by atoms with Crippen LogP contribution in [-0.2, 0) is 33.2 Å². The van der Waals surface area contributed by atoms with Crippen LogP contribution in [0.5, 0.6) is 5.75 Å². The highest BCUT2D eigenvalue weighted by Gasteiger charge is 2.88. The van der Waals surface area contributed by atoms with E-state index in [0.717, 1.165) is 0 Å². The Morgan fingerprint density at radius 3 is 2.22 bits per heavy atom. The molecule has 46 heavy (non-hydrogen) atoms. The van der Waals surface area contributed by atoms with Gasteiger partial charge >= 0.3 is 11.9 Å². The number of methoxy groups -OCH3 is 5. The lowest BCUT2D eigenvalue weighted by atomic mass is 9.44. The van der Waals surface area contributed by atoms with Crippen molar-refractivity contribution in [3.63, 3.8) is 0 Å². The molecular formula is C34H47NO11. The predicted molar refractivity (Wildman–Crippen MR) is 161 cm³/mol. The first-order valence-corrected chi connectivity index (χ1v) is 16.0. The van der Waals surface area contributed by atoms with Gasteiger partial charge in [-0.15, -0.1) is 0 Å². The normalized spacial score (nSPS) is 45.7. The van der Waals surface area contributed by atoms with Crippen LogP contribution in [0.1, 0.15) is 36.5 Å². The highest BCUT2D eigenvalue weighted by molar-refractivity contribution is 5.89. The van der Waals surface area contributed by atoms with Gasteiger partial charge in [0.15, 0.2) is 12.3 Å². The van der Waals surface area contributed by atoms with Gasteiger partial charge in [-0.2, -0.15) is 0 Å². The lowest BCUT2D eigenvalue weighted by Crippen LogP contribution is -2.74. The lowest BCUT2D eigenvalue weighted by molar-refractivity contribution is -0.587. The van der Waals surface area contributed by atoms with Gasteiger partial charge in [-0.3, -0.25) is 4.79 Å². The van der Waals surface area contributed by atoms with Crippen LogP contribution in [0.15, 0.2) is 24.3 Å². The van der Waals surface area contributed by atoms with E-state index in [1.54, 1.807) is 59.8 Å². The van der Waals surface area contributed by atoms with Gasteiger partial charge in [0.05, 0.1) is 48.9 Å². The maximum atomic E-state index is 13.7. The number of rotatable bonds is 9. The number of aliphatic hydroxyl groups is 1. The highest BCUT2D eigenvalue weighted by atomic mass is 16.6. The van der Waals surface area contributed by atoms with Crippen molar-refractivity contribution < 1.29 is 57.9 Å². The monoisotopic (exact) mass is 645 g/mol. The van der Waals surface area contributed by atoms with Gasteiger partial charge in [0.25, 0.3) is 0 Å². The molecule has 5 saturated carbocycles. The van der Waals surface area contributed by atoms with E-state index in [1.165, 1.54) is 6.92 Å². The maximum absolute atomic E-state index is 13.7. The first-order valence-electron chi connectivity index (χ1n) is 16.0. The summed E-state index contributed by atoms with van der Waals surface area (Å²) in [4.78, 5) is 26.2. The van der Waals surface area contributed by atoms with Crippen molar-refractivity contribution in [3.8, 4) is 5.75 Å². The van der Waals surface area contributed by atoms with Gasteiger partial charge < -0.3 is 43.7 Å². The molecule has 12 nitrogen and oxygen atoms in total. The molecule has 1 heterocycles. The summed E-state index contributed by atoms with van der Waals surface area (Å²) in [5, 5.41) is 12.6. The first kappa shape index (κ1) is 33.3. The number of carbonyl (C=O) groups is 2. The van der Waals surface area contributed by atoms with Crippen molar-refractivity contribution in [2.75, 3.05) is 49.2 Å². The minimum Gasteiger partial charge on any atom is -0.870 e. The SMILES string of the molecule is COC[C@@]12C=[N+](C)C3[C@H]4[C@H]5C[C@H](OC)[C@@]6(O)C[C@H]([C@@H]5[C@H]6OC(=O)c5ccc(OC)cc5)[C@]3([C@@H](OC)C[C@H]1OC(C)=O)[C@@H]2[C@H]4OC.[OH-]. The number of esters is 2. The zero-order valence-corrected chi connectivity index (χ0v) is 27.6. The van der Waals surface area contributed by atoms with E-state index < -0.39 is 40.7 Å². The molecule has 5 fully saturated rings. The molecule has 7 bridgehead atoms. The van der Waals surface area contributed by atoms with Gasteiger partial charge in [-0.1, -0.05) is 0 Å². The summed E-state index contributed by atoms with van der Waals surface area (Å²) in [5.74, 6) is -0.544. The second-order valence-corrected chi connectivity index (χ2v) is 14.2. The molecule has 5 aliphatic carbocycles. The van der Waals surface area contributed by atoms with Crippen molar-refractivity contribution in [2.24, 2.45) is 40.4 Å². The Morgan fingerprint density at radius 1 is 0.935 bits per heavy atom. The fourth-order valence-electron chi connectivity index (χ4n) is 11.9. The smallest absolute Gasteiger partial charge is 0.338 e. The summed E-state index contributed by atoms with van der Waals surface area (Å²) in [5.41, 5.74) is -2.21. The summed E-state index contributed by atoms with van der Waals surface area (Å²) in [7, 11) is 10.5. The molecule has 2 N–H and O–H groups in total. The van der Waals surface area contributed by atoms with Crippen LogP contribution in [0.25, 0.3) is 0 Å². The van der Waals surface area contributed by atoms with E-state index in [9.17, 15) is 14.7 Å². The van der Waals surface area contributed by atoms with Crippen LogP contribution < -0.4 is 4.74 Å². The van der Waals surface area contributed by atoms with E-state index in [0.29, 0.717) is 37.2 Å². The predicted octanol–water partition coefficient (Wildman–Crippen LogP) is 1.79. The molecule has 7 rings (SSSR count). The molecule has 1 aromatic carbocycles. The minimum absolute atomic E-state index is 0. The van der Waals surface area contributed by atoms with E-state index in [4.69, 9.17) is 33.2 Å². The molecule has 0 saturated heterocycles. The first-order chi connectivity index (χ1) is 21.6. The maximum Gasteiger partial charge on any atom is 0.338 e. The number of benzene rings is 1. The standard InChI is InChI=1S/C34H46NO10.H2O/c1-17(36)44-22-13-24(42-6)34-21-14-33(38)23(41-5)12-20(25(21)30(33)45-31(37)18-8-10-19(40-4)11-9-18)26-27(43-7)28(34)32(22,16-39-3)15-35(2)29(26)34;/h8-11,15,20-30,38H,12-14,16H2,1-7H3;1H2/q+1;/p-1/t20-,21+,22+,23-,24-,25+,26-,27-,28+,29?,30+,32-,33-,34-;/m0./s1. The Kier molecular flexibility index (Phi) is 8.34. The minimum atomic E-state index is -1.39. The molecule has 6 aliphatic rings. The second kappa shape index (κ2) is 11.5. The molecule has 254 valence electrons. The number of fused-ring (bicyclic) bond motifs is 2. The molecule has 1 aromatic rings. The summed E-state index contributed by atoms with van der Waals surface area (Å²) in [6, 6.07) is 6.84. The van der Waals surface area contributed by atoms with Gasteiger partial charge in [0.1, 0.15) is 36.0 Å². The third-order valence-electron chi connectivity index (χ3n) is 12.8. The number of hydrogen-bond acceptors (Lipinski definition) is 11. The van der Waals surface area contributed by atoms with Crippen molar-refractivity contribution in [2.45, 2.75) is 68.3 Å². The second-order valence-electron chi connectivity index (χ2n) is 14.2. The third-order valence-corrected chi connectivity index (χ3v) is 12.8. The highest BCUT2D eigenvalue weighted by Crippen LogP contribution is 2.78. The number of carbonyl (C=O) groups excluding carboxylic acids is 2. The molecule has 1 aliphatic heterocycles. The summed E-state index contributed by atoms with van der Waals surface area (Å²) in [6.07, 6.45) is 1.37. The molecule has 0 amide bonds. The summed E-state index contributed by atoms with van der Waals surface area (Å²) in [6.45, 7) is 1.78. The van der Waals surface area contributed by atoms with E-state index in [1.807, 2.05) is 0 Å². The number of hydrogen-bond donors (Lipinski definition) is 1. The summed E-state index contributed by atoms with van der Waals surface area (Å²) >= 11 is 0. The molecule has 14 atom stereocenters. The van der Waals surface area contributed by atoms with Crippen molar-refractivity contribution >= 4 is 18.2 Å². The Balaban J connectivity index is 0.00000372. The van der Waals surface area contributed by atoms with Gasteiger partial charge in [-0.05, 0) is 48.9 Å². The van der Waals surface area contributed by atoms with Crippen LogP contribution in [-0.4, -0.2) is 125 Å².